The van der Waals surface area contributed by atoms with E-state index in [4.69, 9.17) is 4.74 Å². The van der Waals surface area contributed by atoms with Gasteiger partial charge < -0.3 is 9.64 Å². The highest BCUT2D eigenvalue weighted by Gasteiger charge is 2.29. The molecular formula is C21H16BrNO2. The summed E-state index contributed by atoms with van der Waals surface area (Å²) in [5, 5.41) is 0. The highest BCUT2D eigenvalue weighted by atomic mass is 79.9. The number of anilines is 1. The van der Waals surface area contributed by atoms with Crippen LogP contribution in [0.1, 0.15) is 21.5 Å². The number of aryl methyl sites for hydroxylation is 1. The third-order valence-electron chi connectivity index (χ3n) is 4.22. The first-order chi connectivity index (χ1) is 12.1. The van der Waals surface area contributed by atoms with Crippen molar-refractivity contribution in [1.82, 2.24) is 0 Å². The van der Waals surface area contributed by atoms with Crippen molar-refractivity contribution in [2.75, 3.05) is 4.90 Å². The number of rotatable bonds is 2. The maximum atomic E-state index is 13.3. The van der Waals surface area contributed by atoms with E-state index < -0.39 is 0 Å². The molecule has 0 saturated heterocycles. The Morgan fingerprint density at radius 2 is 1.72 bits per heavy atom. The van der Waals surface area contributed by atoms with Crippen LogP contribution < -0.4 is 9.64 Å². The molecule has 0 bridgehead atoms. The zero-order valence-corrected chi connectivity index (χ0v) is 15.3. The van der Waals surface area contributed by atoms with Crippen LogP contribution in [0.15, 0.2) is 71.2 Å². The Labute approximate surface area is 155 Å². The van der Waals surface area contributed by atoms with Crippen molar-refractivity contribution in [1.29, 1.82) is 0 Å². The van der Waals surface area contributed by atoms with Crippen molar-refractivity contribution in [2.45, 2.75) is 13.5 Å². The van der Waals surface area contributed by atoms with Crippen LogP contribution in [0.4, 0.5) is 5.69 Å². The van der Waals surface area contributed by atoms with Gasteiger partial charge in [0.25, 0.3) is 5.91 Å². The maximum Gasteiger partial charge on any atom is 0.262 e. The maximum absolute atomic E-state index is 13.3. The molecule has 25 heavy (non-hydrogen) atoms. The standard InChI is InChI=1S/C21H16BrNO2/c1-14-11-16-20(17(22)12-14)25-19-10-6-5-9-18(19)23(21(16)24)13-15-7-3-2-4-8-15/h2-12H,13H2,1H3. The number of hydrogen-bond acceptors (Lipinski definition) is 2. The van der Waals surface area contributed by atoms with Gasteiger partial charge in [0.15, 0.2) is 11.5 Å². The lowest BCUT2D eigenvalue weighted by Crippen LogP contribution is -2.29. The molecule has 1 aliphatic heterocycles. The first kappa shape index (κ1) is 15.9. The minimum Gasteiger partial charge on any atom is -0.453 e. The van der Waals surface area contributed by atoms with Crippen molar-refractivity contribution >= 4 is 27.5 Å². The fraction of sp³-hybridized carbons (Fsp3) is 0.0952. The zero-order chi connectivity index (χ0) is 17.4. The Balaban J connectivity index is 1.88. The average molecular weight is 394 g/mol. The monoisotopic (exact) mass is 393 g/mol. The average Bonchev–Trinajstić information content (AvgIpc) is 2.73. The molecule has 1 heterocycles. The Hall–Kier alpha value is -2.59. The van der Waals surface area contributed by atoms with Gasteiger partial charge in [-0.05, 0) is 58.2 Å². The van der Waals surface area contributed by atoms with E-state index in [9.17, 15) is 4.79 Å². The Morgan fingerprint density at radius 3 is 2.52 bits per heavy atom. The molecule has 3 nitrogen and oxygen atoms in total. The number of carbonyl (C=O) groups is 1. The minimum atomic E-state index is -0.0618. The second-order valence-corrected chi connectivity index (χ2v) is 6.92. The van der Waals surface area contributed by atoms with E-state index in [0.717, 1.165) is 21.3 Å². The van der Waals surface area contributed by atoms with Crippen LogP contribution in [-0.4, -0.2) is 5.91 Å². The van der Waals surface area contributed by atoms with Crippen LogP contribution in [-0.2, 0) is 6.54 Å². The summed E-state index contributed by atoms with van der Waals surface area (Å²) in [4.78, 5) is 15.1. The Bertz CT molecular complexity index is 953. The summed E-state index contributed by atoms with van der Waals surface area (Å²) in [5.41, 5.74) is 3.42. The van der Waals surface area contributed by atoms with E-state index in [1.54, 1.807) is 4.90 Å². The molecule has 4 heteroatoms. The molecule has 1 amide bonds. The van der Waals surface area contributed by atoms with Gasteiger partial charge in [0.1, 0.15) is 0 Å². The quantitative estimate of drug-likeness (QED) is 0.557. The highest BCUT2D eigenvalue weighted by Crippen LogP contribution is 2.43. The molecule has 0 aromatic heterocycles. The summed E-state index contributed by atoms with van der Waals surface area (Å²) in [6, 6.07) is 21.5. The number of hydrogen-bond donors (Lipinski definition) is 0. The zero-order valence-electron chi connectivity index (χ0n) is 13.7. The number of ether oxygens (including phenoxy) is 1. The molecule has 0 radical (unpaired) electrons. The Kier molecular flexibility index (Phi) is 4.06. The van der Waals surface area contributed by atoms with Gasteiger partial charge in [-0.1, -0.05) is 42.5 Å². The number of nitrogens with zero attached hydrogens (tertiary/aromatic N) is 1. The Morgan fingerprint density at radius 1 is 1.00 bits per heavy atom. The van der Waals surface area contributed by atoms with E-state index in [2.05, 4.69) is 15.9 Å². The van der Waals surface area contributed by atoms with Crippen LogP contribution in [0, 0.1) is 6.92 Å². The molecule has 0 atom stereocenters. The van der Waals surface area contributed by atoms with Crippen LogP contribution >= 0.6 is 15.9 Å². The van der Waals surface area contributed by atoms with E-state index in [1.807, 2.05) is 73.7 Å². The summed E-state index contributed by atoms with van der Waals surface area (Å²) in [5.74, 6) is 1.18. The van der Waals surface area contributed by atoms with Gasteiger partial charge in [0, 0.05) is 0 Å². The normalized spacial score (nSPS) is 12.9. The summed E-state index contributed by atoms with van der Waals surface area (Å²) >= 11 is 3.54. The molecule has 124 valence electrons. The molecule has 1 aliphatic rings. The van der Waals surface area contributed by atoms with Gasteiger partial charge in [-0.25, -0.2) is 0 Å². The fourth-order valence-corrected chi connectivity index (χ4v) is 3.70. The summed E-state index contributed by atoms with van der Waals surface area (Å²) in [6.45, 7) is 2.46. The van der Waals surface area contributed by atoms with Gasteiger partial charge in [-0.15, -0.1) is 0 Å². The second kappa shape index (κ2) is 6.37. The van der Waals surface area contributed by atoms with Gasteiger partial charge >= 0.3 is 0 Å². The molecule has 0 fully saturated rings. The lowest BCUT2D eigenvalue weighted by atomic mass is 10.1. The van der Waals surface area contributed by atoms with Crippen molar-refractivity contribution in [3.8, 4) is 11.5 Å². The fourth-order valence-electron chi connectivity index (χ4n) is 3.05. The molecule has 3 aromatic rings. The van der Waals surface area contributed by atoms with E-state index in [1.165, 1.54) is 0 Å². The number of carbonyl (C=O) groups excluding carboxylic acids is 1. The summed E-state index contributed by atoms with van der Waals surface area (Å²) in [7, 11) is 0. The van der Waals surface area contributed by atoms with Gasteiger partial charge in [0.05, 0.1) is 22.3 Å². The number of benzene rings is 3. The van der Waals surface area contributed by atoms with Crippen LogP contribution in [0.25, 0.3) is 0 Å². The molecule has 0 aliphatic carbocycles. The van der Waals surface area contributed by atoms with Crippen molar-refractivity contribution < 1.29 is 9.53 Å². The summed E-state index contributed by atoms with van der Waals surface area (Å²) < 4.78 is 6.90. The molecule has 0 N–H and O–H groups in total. The molecule has 0 unspecified atom stereocenters. The topological polar surface area (TPSA) is 29.5 Å². The summed E-state index contributed by atoms with van der Waals surface area (Å²) in [6.07, 6.45) is 0. The van der Waals surface area contributed by atoms with Crippen molar-refractivity contribution in [2.24, 2.45) is 0 Å². The number of amides is 1. The largest absolute Gasteiger partial charge is 0.453 e. The SMILES string of the molecule is Cc1cc(Br)c2c(c1)C(=O)N(Cc1ccccc1)c1ccccc1O2. The van der Waals surface area contributed by atoms with E-state index >= 15 is 0 Å². The van der Waals surface area contributed by atoms with Gasteiger partial charge in [-0.3, -0.25) is 4.79 Å². The lowest BCUT2D eigenvalue weighted by molar-refractivity contribution is 0.0985. The van der Waals surface area contributed by atoms with Gasteiger partial charge in [0.2, 0.25) is 0 Å². The highest BCUT2D eigenvalue weighted by molar-refractivity contribution is 9.10. The van der Waals surface area contributed by atoms with Gasteiger partial charge in [-0.2, -0.15) is 0 Å². The number of fused-ring (bicyclic) bond motifs is 2. The van der Waals surface area contributed by atoms with Crippen LogP contribution in [0.2, 0.25) is 0 Å². The van der Waals surface area contributed by atoms with Crippen molar-refractivity contribution in [3.05, 3.63) is 87.9 Å². The molecule has 4 rings (SSSR count). The molecular weight excluding hydrogens is 378 g/mol. The van der Waals surface area contributed by atoms with E-state index in [0.29, 0.717) is 23.6 Å². The third-order valence-corrected chi connectivity index (χ3v) is 4.80. The molecule has 3 aromatic carbocycles. The van der Waals surface area contributed by atoms with Crippen LogP contribution in [0.5, 0.6) is 11.5 Å². The first-order valence-electron chi connectivity index (χ1n) is 8.06. The van der Waals surface area contributed by atoms with Crippen molar-refractivity contribution in [3.63, 3.8) is 0 Å². The second-order valence-electron chi connectivity index (χ2n) is 6.07. The predicted molar refractivity (Wildman–Crippen MR) is 102 cm³/mol. The third kappa shape index (κ3) is 2.94. The smallest absolute Gasteiger partial charge is 0.262 e. The first-order valence-corrected chi connectivity index (χ1v) is 8.85. The lowest BCUT2D eigenvalue weighted by Gasteiger charge is -2.22. The molecule has 0 saturated carbocycles. The number of para-hydroxylation sites is 2. The molecule has 0 spiro atoms. The van der Waals surface area contributed by atoms with E-state index in [-0.39, 0.29) is 5.91 Å². The predicted octanol–water partition coefficient (Wildman–Crippen LogP) is 5.71. The minimum absolute atomic E-state index is 0.0618. The van der Waals surface area contributed by atoms with Crippen LogP contribution in [0.3, 0.4) is 0 Å². The number of halogens is 1.